The van der Waals surface area contributed by atoms with Gasteiger partial charge in [0.2, 0.25) is 5.78 Å². The highest BCUT2D eigenvalue weighted by atomic mass is 16.6. The van der Waals surface area contributed by atoms with Crippen molar-refractivity contribution in [1.82, 2.24) is 14.0 Å². The van der Waals surface area contributed by atoms with E-state index in [1.807, 2.05) is 18.3 Å². The Balaban J connectivity index is 1.89. The summed E-state index contributed by atoms with van der Waals surface area (Å²) >= 11 is 0. The first-order chi connectivity index (χ1) is 11.7. The van der Waals surface area contributed by atoms with E-state index in [9.17, 15) is 10.1 Å². The van der Waals surface area contributed by atoms with Crippen LogP contribution in [0.5, 0.6) is 0 Å². The predicted octanol–water partition coefficient (Wildman–Crippen LogP) is 4.27. The van der Waals surface area contributed by atoms with Crippen molar-refractivity contribution in [3.05, 3.63) is 64.8 Å². The molecule has 0 bridgehead atoms. The lowest BCUT2D eigenvalue weighted by Gasteiger charge is -2.02. The van der Waals surface area contributed by atoms with Crippen LogP contribution >= 0.6 is 0 Å². The predicted molar refractivity (Wildman–Crippen MR) is 93.1 cm³/mol. The number of imidazole rings is 2. The SMILES string of the molecule is CCCn1c2ccccc2n2cc(-c3ccc([N+](=O)[O-])cc3)nc12. The van der Waals surface area contributed by atoms with E-state index in [0.29, 0.717) is 0 Å². The van der Waals surface area contributed by atoms with Crippen molar-refractivity contribution in [1.29, 1.82) is 0 Å². The number of hydrogen-bond acceptors (Lipinski definition) is 3. The molecule has 0 fully saturated rings. The molecule has 2 aromatic heterocycles. The Morgan fingerprint density at radius 1 is 1.08 bits per heavy atom. The number of aryl methyl sites for hydroxylation is 1. The third-order valence-electron chi connectivity index (χ3n) is 4.18. The van der Waals surface area contributed by atoms with E-state index in [-0.39, 0.29) is 5.69 Å². The number of rotatable bonds is 4. The van der Waals surface area contributed by atoms with Gasteiger partial charge >= 0.3 is 0 Å². The minimum Gasteiger partial charge on any atom is -0.310 e. The largest absolute Gasteiger partial charge is 0.310 e. The van der Waals surface area contributed by atoms with Crippen LogP contribution in [0.2, 0.25) is 0 Å². The second-order valence-electron chi connectivity index (χ2n) is 5.74. The molecule has 0 aliphatic rings. The molecular weight excluding hydrogens is 304 g/mol. The van der Waals surface area contributed by atoms with Crippen LogP contribution in [0.1, 0.15) is 13.3 Å². The molecule has 0 amide bonds. The molecule has 0 aliphatic heterocycles. The van der Waals surface area contributed by atoms with Crippen LogP contribution in [0.25, 0.3) is 28.1 Å². The van der Waals surface area contributed by atoms with E-state index >= 15 is 0 Å². The summed E-state index contributed by atoms with van der Waals surface area (Å²) in [6, 6.07) is 14.7. The number of nitro groups is 1. The topological polar surface area (TPSA) is 65.4 Å². The molecule has 0 aliphatic carbocycles. The number of aromatic nitrogens is 3. The van der Waals surface area contributed by atoms with Crippen LogP contribution in [0.15, 0.2) is 54.7 Å². The molecule has 0 N–H and O–H groups in total. The van der Waals surface area contributed by atoms with Crippen LogP contribution in [-0.4, -0.2) is 18.9 Å². The van der Waals surface area contributed by atoms with Gasteiger partial charge in [0.05, 0.1) is 21.7 Å². The fourth-order valence-corrected chi connectivity index (χ4v) is 3.08. The van der Waals surface area contributed by atoms with E-state index in [1.165, 1.54) is 12.1 Å². The molecule has 6 heteroatoms. The lowest BCUT2D eigenvalue weighted by Crippen LogP contribution is -1.97. The van der Waals surface area contributed by atoms with Gasteiger partial charge in [0.1, 0.15) is 0 Å². The van der Waals surface area contributed by atoms with Crippen molar-refractivity contribution >= 4 is 22.5 Å². The van der Waals surface area contributed by atoms with Gasteiger partial charge < -0.3 is 4.57 Å². The van der Waals surface area contributed by atoms with Crippen molar-refractivity contribution in [2.75, 3.05) is 0 Å². The lowest BCUT2D eigenvalue weighted by molar-refractivity contribution is -0.384. The van der Waals surface area contributed by atoms with Crippen LogP contribution in [0, 0.1) is 10.1 Å². The number of nitrogens with zero attached hydrogens (tertiary/aromatic N) is 4. The molecule has 6 nitrogen and oxygen atoms in total. The maximum absolute atomic E-state index is 10.8. The Labute approximate surface area is 138 Å². The normalized spacial score (nSPS) is 11.4. The summed E-state index contributed by atoms with van der Waals surface area (Å²) in [5.74, 6) is 0.895. The molecule has 4 aromatic rings. The van der Waals surface area contributed by atoms with Gasteiger partial charge in [-0.1, -0.05) is 19.1 Å². The van der Waals surface area contributed by atoms with E-state index < -0.39 is 4.92 Å². The second-order valence-corrected chi connectivity index (χ2v) is 5.74. The summed E-state index contributed by atoms with van der Waals surface area (Å²) in [7, 11) is 0. The third kappa shape index (κ3) is 2.15. The van der Waals surface area contributed by atoms with Crippen molar-refractivity contribution in [3.8, 4) is 11.3 Å². The Bertz CT molecular complexity index is 1040. The summed E-state index contributed by atoms with van der Waals surface area (Å²) in [6.45, 7) is 3.04. The van der Waals surface area contributed by atoms with E-state index in [0.717, 1.165) is 41.0 Å². The molecule has 0 unspecified atom stereocenters. The maximum atomic E-state index is 10.8. The first-order valence-electron chi connectivity index (χ1n) is 7.90. The summed E-state index contributed by atoms with van der Waals surface area (Å²) in [4.78, 5) is 15.2. The number of nitro benzene ring substituents is 1. The molecule has 120 valence electrons. The smallest absolute Gasteiger partial charge is 0.269 e. The molecule has 24 heavy (non-hydrogen) atoms. The molecule has 4 rings (SSSR count). The van der Waals surface area contributed by atoms with Gasteiger partial charge in [-0.25, -0.2) is 4.98 Å². The van der Waals surface area contributed by atoms with Gasteiger partial charge in [-0.3, -0.25) is 14.5 Å². The van der Waals surface area contributed by atoms with Gasteiger partial charge in [-0.05, 0) is 30.7 Å². The van der Waals surface area contributed by atoms with Gasteiger partial charge in [0.15, 0.2) is 0 Å². The number of non-ortho nitro benzene ring substituents is 1. The zero-order valence-corrected chi connectivity index (χ0v) is 13.2. The molecule has 0 spiro atoms. The van der Waals surface area contributed by atoms with Crippen molar-refractivity contribution in [2.24, 2.45) is 0 Å². The van der Waals surface area contributed by atoms with Crippen LogP contribution < -0.4 is 0 Å². The number of fused-ring (bicyclic) bond motifs is 3. The number of hydrogen-bond donors (Lipinski definition) is 0. The van der Waals surface area contributed by atoms with E-state index in [1.54, 1.807) is 12.1 Å². The Morgan fingerprint density at radius 3 is 2.46 bits per heavy atom. The summed E-state index contributed by atoms with van der Waals surface area (Å²) in [5.41, 5.74) is 4.05. The molecule has 0 radical (unpaired) electrons. The standard InChI is InChI=1S/C18H16N4O2/c1-2-11-20-16-5-3-4-6-17(16)21-12-15(19-18(20)21)13-7-9-14(10-8-13)22(23)24/h3-10,12H,2,11H2,1H3. The number of para-hydroxylation sites is 2. The zero-order chi connectivity index (χ0) is 16.7. The first-order valence-corrected chi connectivity index (χ1v) is 7.90. The molecule has 0 atom stereocenters. The van der Waals surface area contributed by atoms with Gasteiger partial charge in [0.25, 0.3) is 5.69 Å². The fraction of sp³-hybridized carbons (Fsp3) is 0.167. The average Bonchev–Trinajstić information content (AvgIpc) is 3.15. The highest BCUT2D eigenvalue weighted by Crippen LogP contribution is 2.26. The van der Waals surface area contributed by atoms with Crippen LogP contribution in [-0.2, 0) is 6.54 Å². The van der Waals surface area contributed by atoms with E-state index in [4.69, 9.17) is 4.98 Å². The summed E-state index contributed by atoms with van der Waals surface area (Å²) < 4.78 is 4.30. The fourth-order valence-electron chi connectivity index (χ4n) is 3.08. The molecular formula is C18H16N4O2. The third-order valence-corrected chi connectivity index (χ3v) is 4.18. The minimum absolute atomic E-state index is 0.0865. The van der Waals surface area contributed by atoms with Gasteiger partial charge in [0, 0.05) is 30.4 Å². The zero-order valence-electron chi connectivity index (χ0n) is 13.2. The minimum atomic E-state index is -0.393. The summed E-state index contributed by atoms with van der Waals surface area (Å²) in [5, 5.41) is 10.8. The molecule has 0 saturated carbocycles. The highest BCUT2D eigenvalue weighted by Gasteiger charge is 2.14. The van der Waals surface area contributed by atoms with Crippen molar-refractivity contribution < 1.29 is 4.92 Å². The lowest BCUT2D eigenvalue weighted by atomic mass is 10.1. The van der Waals surface area contributed by atoms with E-state index in [2.05, 4.69) is 28.0 Å². The Hall–Kier alpha value is -3.15. The molecule has 2 aromatic carbocycles. The van der Waals surface area contributed by atoms with Crippen molar-refractivity contribution in [2.45, 2.75) is 19.9 Å². The van der Waals surface area contributed by atoms with Gasteiger partial charge in [-0.2, -0.15) is 0 Å². The second kappa shape index (κ2) is 5.49. The first kappa shape index (κ1) is 14.4. The highest BCUT2D eigenvalue weighted by molar-refractivity contribution is 5.82. The molecule has 0 saturated heterocycles. The average molecular weight is 320 g/mol. The summed E-state index contributed by atoms with van der Waals surface area (Å²) in [6.07, 6.45) is 3.01. The quantitative estimate of drug-likeness (QED) is 0.416. The monoisotopic (exact) mass is 320 g/mol. The van der Waals surface area contributed by atoms with Gasteiger partial charge in [-0.15, -0.1) is 0 Å². The molecule has 2 heterocycles. The Kier molecular flexibility index (Phi) is 3.30. The maximum Gasteiger partial charge on any atom is 0.269 e. The van der Waals surface area contributed by atoms with Crippen LogP contribution in [0.4, 0.5) is 5.69 Å². The number of benzene rings is 2. The Morgan fingerprint density at radius 2 is 1.79 bits per heavy atom. The van der Waals surface area contributed by atoms with Crippen molar-refractivity contribution in [3.63, 3.8) is 0 Å². The van der Waals surface area contributed by atoms with Crippen LogP contribution in [0.3, 0.4) is 0 Å².